The summed E-state index contributed by atoms with van der Waals surface area (Å²) in [6.07, 6.45) is 1.47. The summed E-state index contributed by atoms with van der Waals surface area (Å²) in [4.78, 5) is 17.9. The molecule has 0 saturated carbocycles. The Balaban J connectivity index is 1.45. The number of ether oxygens (including phenoxy) is 2. The lowest BCUT2D eigenvalue weighted by molar-refractivity contribution is 0.181. The predicted octanol–water partition coefficient (Wildman–Crippen LogP) is 4.85. The first-order valence-corrected chi connectivity index (χ1v) is 10.0. The van der Waals surface area contributed by atoms with Gasteiger partial charge in [-0.05, 0) is 54.8 Å². The number of aromatic nitrogens is 1. The number of anilines is 2. The molecular formula is C24H25N3O3. The molecule has 154 valence electrons. The minimum Gasteiger partial charge on any atom is -0.487 e. The quantitative estimate of drug-likeness (QED) is 0.611. The van der Waals surface area contributed by atoms with E-state index in [0.717, 1.165) is 39.5 Å². The van der Waals surface area contributed by atoms with Crippen LogP contribution in [0, 0.1) is 13.8 Å². The number of amides is 1. The van der Waals surface area contributed by atoms with Crippen LogP contribution in [0.3, 0.4) is 0 Å². The van der Waals surface area contributed by atoms with Gasteiger partial charge in [0.15, 0.2) is 0 Å². The van der Waals surface area contributed by atoms with Crippen LogP contribution in [0.5, 0.6) is 5.75 Å². The molecule has 0 bridgehead atoms. The Morgan fingerprint density at radius 3 is 2.57 bits per heavy atom. The molecule has 6 heteroatoms. The second kappa shape index (κ2) is 8.86. The van der Waals surface area contributed by atoms with E-state index in [0.29, 0.717) is 26.3 Å². The molecule has 0 atom stereocenters. The van der Waals surface area contributed by atoms with Gasteiger partial charge in [0, 0.05) is 12.7 Å². The highest BCUT2D eigenvalue weighted by atomic mass is 16.6. The largest absolute Gasteiger partial charge is 0.487 e. The van der Waals surface area contributed by atoms with E-state index in [1.165, 1.54) is 0 Å². The van der Waals surface area contributed by atoms with Gasteiger partial charge < -0.3 is 14.8 Å². The fourth-order valence-electron chi connectivity index (χ4n) is 3.67. The average molecular weight is 403 g/mol. The van der Waals surface area contributed by atoms with E-state index in [2.05, 4.69) is 36.3 Å². The van der Waals surface area contributed by atoms with E-state index in [4.69, 9.17) is 9.47 Å². The molecule has 4 rings (SSSR count). The van der Waals surface area contributed by atoms with Gasteiger partial charge in [0.1, 0.15) is 19.0 Å². The van der Waals surface area contributed by atoms with Crippen LogP contribution in [-0.4, -0.2) is 24.2 Å². The van der Waals surface area contributed by atoms with Gasteiger partial charge in [0.25, 0.3) is 0 Å². The molecule has 0 aliphatic carbocycles. The molecule has 3 aromatic rings. The molecule has 30 heavy (non-hydrogen) atoms. The summed E-state index contributed by atoms with van der Waals surface area (Å²) in [6.45, 7) is 6.18. The van der Waals surface area contributed by atoms with Crippen LogP contribution < -0.4 is 15.0 Å². The molecule has 1 saturated heterocycles. The Morgan fingerprint density at radius 2 is 1.87 bits per heavy atom. The molecule has 1 aromatic heterocycles. The highest BCUT2D eigenvalue weighted by Crippen LogP contribution is 2.30. The smallest absolute Gasteiger partial charge is 0.414 e. The lowest BCUT2D eigenvalue weighted by atomic mass is 10.1. The SMILES string of the molecule is Cc1cc(CNc2ccccc2N2CCOC2=O)cc(C)c1OCc1ccccn1. The Morgan fingerprint density at radius 1 is 1.10 bits per heavy atom. The zero-order valence-electron chi connectivity index (χ0n) is 17.2. The van der Waals surface area contributed by atoms with Crippen LogP contribution in [0.4, 0.5) is 16.2 Å². The Bertz CT molecular complexity index is 1010. The average Bonchev–Trinajstić information content (AvgIpc) is 3.18. The summed E-state index contributed by atoms with van der Waals surface area (Å²) in [5.41, 5.74) is 5.96. The van der Waals surface area contributed by atoms with Crippen molar-refractivity contribution in [2.45, 2.75) is 27.0 Å². The zero-order valence-corrected chi connectivity index (χ0v) is 17.2. The third-order valence-electron chi connectivity index (χ3n) is 5.05. The van der Waals surface area contributed by atoms with Gasteiger partial charge in [-0.25, -0.2) is 4.79 Å². The number of nitrogens with one attached hydrogen (secondary N) is 1. The van der Waals surface area contributed by atoms with Gasteiger partial charge >= 0.3 is 6.09 Å². The summed E-state index contributed by atoms with van der Waals surface area (Å²) in [5, 5.41) is 3.46. The van der Waals surface area contributed by atoms with Crippen LogP contribution >= 0.6 is 0 Å². The topological polar surface area (TPSA) is 63.7 Å². The van der Waals surface area contributed by atoms with Crippen LogP contribution in [0.25, 0.3) is 0 Å². The highest BCUT2D eigenvalue weighted by molar-refractivity contribution is 5.93. The number of hydrogen-bond donors (Lipinski definition) is 1. The van der Waals surface area contributed by atoms with Crippen molar-refractivity contribution in [1.82, 2.24) is 4.98 Å². The number of nitrogens with zero attached hydrogens (tertiary/aromatic N) is 2. The number of para-hydroxylation sites is 2. The summed E-state index contributed by atoms with van der Waals surface area (Å²) in [6, 6.07) is 17.8. The third-order valence-corrected chi connectivity index (χ3v) is 5.05. The van der Waals surface area contributed by atoms with Crippen molar-refractivity contribution in [3.05, 3.63) is 83.2 Å². The minimum atomic E-state index is -0.301. The minimum absolute atomic E-state index is 0.301. The van der Waals surface area contributed by atoms with Crippen molar-refractivity contribution in [3.8, 4) is 5.75 Å². The normalized spacial score (nSPS) is 13.3. The van der Waals surface area contributed by atoms with E-state index in [1.54, 1.807) is 11.1 Å². The number of pyridine rings is 1. The van der Waals surface area contributed by atoms with Gasteiger partial charge in [0.05, 0.1) is 23.6 Å². The maximum absolute atomic E-state index is 11.9. The first kappa shape index (κ1) is 19.8. The van der Waals surface area contributed by atoms with Crippen molar-refractivity contribution >= 4 is 17.5 Å². The number of carbonyl (C=O) groups excluding carboxylic acids is 1. The number of hydrogen-bond acceptors (Lipinski definition) is 5. The molecule has 1 aliphatic heterocycles. The number of carbonyl (C=O) groups is 1. The molecular weight excluding hydrogens is 378 g/mol. The second-order valence-electron chi connectivity index (χ2n) is 7.31. The molecule has 2 heterocycles. The van der Waals surface area contributed by atoms with Crippen molar-refractivity contribution in [2.75, 3.05) is 23.4 Å². The molecule has 1 amide bonds. The molecule has 1 fully saturated rings. The Hall–Kier alpha value is -3.54. The molecule has 0 unspecified atom stereocenters. The van der Waals surface area contributed by atoms with E-state index in [9.17, 15) is 4.79 Å². The first-order valence-electron chi connectivity index (χ1n) is 10.0. The number of rotatable bonds is 7. The summed E-state index contributed by atoms with van der Waals surface area (Å²) >= 11 is 0. The second-order valence-corrected chi connectivity index (χ2v) is 7.31. The molecule has 1 aliphatic rings. The standard InChI is InChI=1S/C24H25N3O3/c1-17-13-19(14-18(2)23(17)30-16-20-7-5-6-10-25-20)15-26-21-8-3-4-9-22(21)27-11-12-29-24(27)28/h3-10,13-14,26H,11-12,15-16H2,1-2H3. The summed E-state index contributed by atoms with van der Waals surface area (Å²) < 4.78 is 11.1. The molecule has 0 spiro atoms. The number of benzene rings is 2. The molecule has 6 nitrogen and oxygen atoms in total. The Labute approximate surface area is 176 Å². The number of cyclic esters (lactones) is 1. The van der Waals surface area contributed by atoms with E-state index < -0.39 is 0 Å². The maximum atomic E-state index is 11.9. The summed E-state index contributed by atoms with van der Waals surface area (Å²) in [5.74, 6) is 0.893. The van der Waals surface area contributed by atoms with Crippen molar-refractivity contribution in [3.63, 3.8) is 0 Å². The fourth-order valence-corrected chi connectivity index (χ4v) is 3.67. The maximum Gasteiger partial charge on any atom is 0.414 e. The van der Waals surface area contributed by atoms with Gasteiger partial charge in [-0.3, -0.25) is 9.88 Å². The van der Waals surface area contributed by atoms with E-state index in [1.807, 2.05) is 42.5 Å². The van der Waals surface area contributed by atoms with Crippen LogP contribution in [0.1, 0.15) is 22.4 Å². The molecule has 1 N–H and O–H groups in total. The first-order chi connectivity index (χ1) is 14.6. The monoisotopic (exact) mass is 403 g/mol. The van der Waals surface area contributed by atoms with Gasteiger partial charge in [-0.2, -0.15) is 0 Å². The lowest BCUT2D eigenvalue weighted by Gasteiger charge is -2.19. The highest BCUT2D eigenvalue weighted by Gasteiger charge is 2.25. The fraction of sp³-hybridized carbons (Fsp3) is 0.250. The van der Waals surface area contributed by atoms with Gasteiger partial charge in [0.2, 0.25) is 0 Å². The van der Waals surface area contributed by atoms with E-state index in [-0.39, 0.29) is 6.09 Å². The zero-order chi connectivity index (χ0) is 20.9. The Kier molecular flexibility index (Phi) is 5.84. The molecule has 2 aromatic carbocycles. The van der Waals surface area contributed by atoms with E-state index >= 15 is 0 Å². The van der Waals surface area contributed by atoms with Crippen LogP contribution in [0.15, 0.2) is 60.8 Å². The summed E-state index contributed by atoms with van der Waals surface area (Å²) in [7, 11) is 0. The molecule has 0 radical (unpaired) electrons. The van der Waals surface area contributed by atoms with Gasteiger partial charge in [-0.15, -0.1) is 0 Å². The third kappa shape index (κ3) is 4.38. The predicted molar refractivity (Wildman–Crippen MR) is 117 cm³/mol. The van der Waals surface area contributed by atoms with Crippen LogP contribution in [0.2, 0.25) is 0 Å². The lowest BCUT2D eigenvalue weighted by Crippen LogP contribution is -2.24. The number of aryl methyl sites for hydroxylation is 2. The van der Waals surface area contributed by atoms with Gasteiger partial charge in [-0.1, -0.05) is 30.3 Å². The van der Waals surface area contributed by atoms with Crippen molar-refractivity contribution < 1.29 is 14.3 Å². The van der Waals surface area contributed by atoms with Crippen molar-refractivity contribution in [2.24, 2.45) is 0 Å². The van der Waals surface area contributed by atoms with Crippen molar-refractivity contribution in [1.29, 1.82) is 0 Å². The van der Waals surface area contributed by atoms with Crippen LogP contribution in [-0.2, 0) is 17.9 Å².